The van der Waals surface area contributed by atoms with E-state index in [1.807, 2.05) is 36.5 Å². The van der Waals surface area contributed by atoms with Crippen LogP contribution in [0.5, 0.6) is 0 Å². The molecule has 11 heavy (non-hydrogen) atoms. The second kappa shape index (κ2) is 2.84. The highest BCUT2D eigenvalue weighted by Crippen LogP contribution is 2.11. The maximum absolute atomic E-state index is 5.59. The molecule has 2 aromatic rings. The summed E-state index contributed by atoms with van der Waals surface area (Å²) in [6.45, 7) is 0. The minimum Gasteiger partial charge on any atom is -0.339 e. The molecule has 2 rings (SSSR count). The van der Waals surface area contributed by atoms with E-state index in [2.05, 4.69) is 0 Å². The largest absolute Gasteiger partial charge is 0.339 e. The van der Waals surface area contributed by atoms with E-state index in [4.69, 9.17) is 5.84 Å². The Kier molecular flexibility index (Phi) is 2.06. The molecule has 0 atom stereocenters. The topological polar surface area (TPSA) is 30.9 Å². The Morgan fingerprint density at radius 1 is 1.09 bits per heavy atom. The van der Waals surface area contributed by atoms with Gasteiger partial charge in [0.25, 0.3) is 0 Å². The van der Waals surface area contributed by atoms with Gasteiger partial charge in [0.2, 0.25) is 0 Å². The number of nitrogens with zero attached hydrogens (tertiary/aromatic N) is 1. The van der Waals surface area contributed by atoms with Gasteiger partial charge in [-0.15, -0.1) is 12.4 Å². The zero-order valence-electron chi connectivity index (χ0n) is 5.90. The Bertz CT molecular complexity index is 354. The number of aromatic nitrogens is 1. The Morgan fingerprint density at radius 3 is 2.55 bits per heavy atom. The van der Waals surface area contributed by atoms with Crippen molar-refractivity contribution in [3.8, 4) is 0 Å². The molecule has 0 radical (unpaired) electrons. The van der Waals surface area contributed by atoms with Crippen molar-refractivity contribution in [3.05, 3.63) is 36.5 Å². The van der Waals surface area contributed by atoms with Crippen molar-refractivity contribution in [3.63, 3.8) is 0 Å². The van der Waals surface area contributed by atoms with Gasteiger partial charge >= 0.3 is 0 Å². The lowest BCUT2D eigenvalue weighted by Gasteiger charge is -1.92. The van der Waals surface area contributed by atoms with E-state index in [0.29, 0.717) is 0 Å². The highest BCUT2D eigenvalue weighted by atomic mass is 35.5. The van der Waals surface area contributed by atoms with Crippen LogP contribution >= 0.6 is 12.4 Å². The summed E-state index contributed by atoms with van der Waals surface area (Å²) in [6.07, 6.45) is 1.85. The summed E-state index contributed by atoms with van der Waals surface area (Å²) in [6, 6.07) is 10.0. The summed E-state index contributed by atoms with van der Waals surface area (Å²) in [5.41, 5.74) is 1.07. The first-order valence-electron chi connectivity index (χ1n) is 3.19. The van der Waals surface area contributed by atoms with Crippen LogP contribution < -0.4 is 5.84 Å². The van der Waals surface area contributed by atoms with Crippen LogP contribution in [0.1, 0.15) is 0 Å². The molecule has 0 aliphatic rings. The quantitative estimate of drug-likeness (QED) is 0.598. The molecule has 58 valence electrons. The maximum atomic E-state index is 5.59. The number of para-hydroxylation sites is 1. The molecule has 3 heteroatoms. The fourth-order valence-electron chi connectivity index (χ4n) is 1.10. The van der Waals surface area contributed by atoms with Crippen molar-refractivity contribution in [2.75, 3.05) is 5.84 Å². The molecular formula is C8H9ClN2. The van der Waals surface area contributed by atoms with Gasteiger partial charge in [-0.05, 0) is 12.1 Å². The van der Waals surface area contributed by atoms with Crippen LogP contribution in [0.2, 0.25) is 0 Å². The average molecular weight is 169 g/mol. The Balaban J connectivity index is 0.000000605. The van der Waals surface area contributed by atoms with Gasteiger partial charge in [-0.25, -0.2) is 0 Å². The van der Waals surface area contributed by atoms with E-state index in [9.17, 15) is 0 Å². The molecule has 0 bridgehead atoms. The van der Waals surface area contributed by atoms with Gasteiger partial charge in [-0.2, -0.15) is 0 Å². The van der Waals surface area contributed by atoms with Crippen LogP contribution in [0.3, 0.4) is 0 Å². The van der Waals surface area contributed by atoms with Gasteiger partial charge < -0.3 is 5.84 Å². The fourth-order valence-corrected chi connectivity index (χ4v) is 1.10. The number of benzene rings is 1. The van der Waals surface area contributed by atoms with Crippen LogP contribution in [0.15, 0.2) is 36.5 Å². The number of hydrogen-bond acceptors (Lipinski definition) is 1. The summed E-state index contributed by atoms with van der Waals surface area (Å²) in [5.74, 6) is 5.59. The number of halogens is 1. The Hall–Kier alpha value is -1.15. The molecule has 1 aromatic carbocycles. The lowest BCUT2D eigenvalue weighted by atomic mass is 10.3. The van der Waals surface area contributed by atoms with Crippen LogP contribution in [-0.4, -0.2) is 4.68 Å². The van der Waals surface area contributed by atoms with Crippen molar-refractivity contribution in [2.24, 2.45) is 0 Å². The summed E-state index contributed by atoms with van der Waals surface area (Å²) >= 11 is 0. The minimum atomic E-state index is 0. The summed E-state index contributed by atoms with van der Waals surface area (Å²) in [7, 11) is 0. The average Bonchev–Trinajstić information content (AvgIpc) is 2.34. The van der Waals surface area contributed by atoms with Crippen molar-refractivity contribution >= 4 is 23.3 Å². The van der Waals surface area contributed by atoms with Gasteiger partial charge in [0, 0.05) is 11.6 Å². The van der Waals surface area contributed by atoms with E-state index >= 15 is 0 Å². The van der Waals surface area contributed by atoms with Crippen molar-refractivity contribution < 1.29 is 0 Å². The first kappa shape index (κ1) is 7.95. The molecule has 1 aromatic heterocycles. The number of nitrogens with two attached hydrogens (primary N) is 1. The van der Waals surface area contributed by atoms with Crippen LogP contribution in [0, 0.1) is 0 Å². The zero-order valence-corrected chi connectivity index (χ0v) is 6.71. The molecule has 0 unspecified atom stereocenters. The lowest BCUT2D eigenvalue weighted by molar-refractivity contribution is 1.07. The SMILES string of the molecule is Cl.Nn1ccc2ccccc21. The molecule has 0 saturated heterocycles. The standard InChI is InChI=1S/C8H8N2.ClH/c9-10-6-5-7-3-1-2-4-8(7)10;/h1-6H,9H2;1H. The van der Waals surface area contributed by atoms with E-state index in [0.717, 1.165) is 5.52 Å². The second-order valence-electron chi connectivity index (χ2n) is 2.28. The number of nitrogen functional groups attached to an aromatic ring is 1. The summed E-state index contributed by atoms with van der Waals surface area (Å²) in [5, 5.41) is 1.19. The fraction of sp³-hybridized carbons (Fsp3) is 0. The maximum Gasteiger partial charge on any atom is 0.0690 e. The van der Waals surface area contributed by atoms with Gasteiger partial charge in [-0.1, -0.05) is 18.2 Å². The van der Waals surface area contributed by atoms with Crippen molar-refractivity contribution in [1.29, 1.82) is 0 Å². The van der Waals surface area contributed by atoms with E-state index in [1.54, 1.807) is 4.68 Å². The molecule has 0 aliphatic carbocycles. The molecule has 0 fully saturated rings. The highest BCUT2D eigenvalue weighted by molar-refractivity contribution is 5.85. The van der Waals surface area contributed by atoms with E-state index in [1.165, 1.54) is 5.39 Å². The minimum absolute atomic E-state index is 0. The first-order chi connectivity index (χ1) is 4.88. The lowest BCUT2D eigenvalue weighted by Crippen LogP contribution is -2.04. The highest BCUT2D eigenvalue weighted by Gasteiger charge is 1.92. The van der Waals surface area contributed by atoms with Crippen LogP contribution in [0.25, 0.3) is 10.9 Å². The third-order valence-electron chi connectivity index (χ3n) is 1.63. The van der Waals surface area contributed by atoms with Crippen molar-refractivity contribution in [1.82, 2.24) is 4.68 Å². The van der Waals surface area contributed by atoms with Gasteiger partial charge in [0.15, 0.2) is 0 Å². The van der Waals surface area contributed by atoms with Crippen LogP contribution in [-0.2, 0) is 0 Å². The van der Waals surface area contributed by atoms with E-state index < -0.39 is 0 Å². The van der Waals surface area contributed by atoms with Gasteiger partial charge in [0.1, 0.15) is 0 Å². The molecular weight excluding hydrogens is 160 g/mol. The molecule has 0 amide bonds. The molecule has 2 nitrogen and oxygen atoms in total. The summed E-state index contributed by atoms with van der Waals surface area (Å²) in [4.78, 5) is 0. The Morgan fingerprint density at radius 2 is 1.82 bits per heavy atom. The van der Waals surface area contributed by atoms with Gasteiger partial charge in [0.05, 0.1) is 5.52 Å². The van der Waals surface area contributed by atoms with Crippen molar-refractivity contribution in [2.45, 2.75) is 0 Å². The molecule has 0 spiro atoms. The zero-order chi connectivity index (χ0) is 6.97. The van der Waals surface area contributed by atoms with Gasteiger partial charge in [-0.3, -0.25) is 4.68 Å². The number of fused-ring (bicyclic) bond motifs is 1. The molecule has 0 saturated carbocycles. The third-order valence-corrected chi connectivity index (χ3v) is 1.63. The predicted molar refractivity (Wildman–Crippen MR) is 49.3 cm³/mol. The Labute approximate surface area is 71.0 Å². The molecule has 1 heterocycles. The second-order valence-corrected chi connectivity index (χ2v) is 2.28. The number of rotatable bonds is 0. The summed E-state index contributed by atoms with van der Waals surface area (Å²) < 4.78 is 1.62. The molecule has 2 N–H and O–H groups in total. The number of hydrogen-bond donors (Lipinski definition) is 1. The van der Waals surface area contributed by atoms with E-state index in [-0.39, 0.29) is 12.4 Å². The normalized spacial score (nSPS) is 9.45. The smallest absolute Gasteiger partial charge is 0.0690 e. The monoisotopic (exact) mass is 168 g/mol. The first-order valence-corrected chi connectivity index (χ1v) is 3.19. The van der Waals surface area contributed by atoms with Crippen LogP contribution in [0.4, 0.5) is 0 Å². The molecule has 0 aliphatic heterocycles. The predicted octanol–water partition coefficient (Wildman–Crippen LogP) is 1.78. The third kappa shape index (κ3) is 1.17.